The Morgan fingerprint density at radius 1 is 1.21 bits per heavy atom. The van der Waals surface area contributed by atoms with E-state index in [1.807, 2.05) is 73.3 Å². The lowest BCUT2D eigenvalue weighted by molar-refractivity contribution is 0.0987. The molecule has 0 N–H and O–H groups in total. The number of amides is 1. The Balaban J connectivity index is 1.98. The molecule has 0 saturated carbocycles. The highest BCUT2D eigenvalue weighted by Gasteiger charge is 2.19. The van der Waals surface area contributed by atoms with Gasteiger partial charge in [-0.15, -0.1) is 0 Å². The average molecular weight is 391 g/mol. The van der Waals surface area contributed by atoms with Gasteiger partial charge >= 0.3 is 0 Å². The van der Waals surface area contributed by atoms with Crippen LogP contribution in [-0.2, 0) is 0 Å². The van der Waals surface area contributed by atoms with Crippen molar-refractivity contribution in [3.05, 3.63) is 71.5 Å². The lowest BCUT2D eigenvalue weighted by atomic mass is 10.1. The number of aryl methyl sites for hydroxylation is 2. The summed E-state index contributed by atoms with van der Waals surface area (Å²) in [6.45, 7) is 4.41. The molecule has 1 amide bonds. The molecular formula is C22H22N4OS. The molecule has 1 heterocycles. The minimum Gasteiger partial charge on any atom is -0.307 e. The first kappa shape index (κ1) is 19.7. The van der Waals surface area contributed by atoms with Crippen molar-refractivity contribution >= 4 is 23.4 Å². The van der Waals surface area contributed by atoms with Gasteiger partial charge in [-0.2, -0.15) is 5.26 Å². The van der Waals surface area contributed by atoms with Gasteiger partial charge in [0.2, 0.25) is 0 Å². The predicted octanol–water partition coefficient (Wildman–Crippen LogP) is 4.77. The van der Waals surface area contributed by atoms with Crippen LogP contribution in [-0.4, -0.2) is 28.3 Å². The van der Waals surface area contributed by atoms with E-state index >= 15 is 0 Å². The van der Waals surface area contributed by atoms with Gasteiger partial charge in [-0.1, -0.05) is 23.9 Å². The van der Waals surface area contributed by atoms with E-state index in [1.165, 1.54) is 5.56 Å². The van der Waals surface area contributed by atoms with Gasteiger partial charge < -0.3 is 4.90 Å². The van der Waals surface area contributed by atoms with Crippen molar-refractivity contribution in [3.63, 3.8) is 0 Å². The molecule has 3 aromatic rings. The van der Waals surface area contributed by atoms with Crippen LogP contribution in [0.5, 0.6) is 0 Å². The van der Waals surface area contributed by atoms with Gasteiger partial charge in [0.15, 0.2) is 5.16 Å². The number of nitrogens with zero attached hydrogens (tertiary/aromatic N) is 4. The summed E-state index contributed by atoms with van der Waals surface area (Å²) >= 11 is 1.55. The van der Waals surface area contributed by atoms with Gasteiger partial charge in [0, 0.05) is 35.9 Å². The molecule has 1 aromatic heterocycles. The lowest BCUT2D eigenvalue weighted by Gasteiger charge is -2.23. The van der Waals surface area contributed by atoms with Crippen LogP contribution in [0, 0.1) is 25.2 Å². The molecular weight excluding hydrogens is 368 g/mol. The van der Waals surface area contributed by atoms with Crippen LogP contribution in [0.3, 0.4) is 0 Å². The van der Waals surface area contributed by atoms with Crippen molar-refractivity contribution < 1.29 is 4.79 Å². The van der Waals surface area contributed by atoms with Crippen LogP contribution in [0.15, 0.2) is 60.0 Å². The third-order valence-corrected chi connectivity index (χ3v) is 5.32. The fourth-order valence-corrected chi connectivity index (χ4v) is 3.51. The SMILES string of the molecule is CSc1nccn1-c1cccc(C(=O)N(CCC#N)c2ccc(C)c(C)c2)c1. The second-order valence-corrected chi connectivity index (χ2v) is 7.24. The highest BCUT2D eigenvalue weighted by atomic mass is 32.2. The van der Waals surface area contributed by atoms with Gasteiger partial charge in [-0.3, -0.25) is 9.36 Å². The second-order valence-electron chi connectivity index (χ2n) is 6.47. The summed E-state index contributed by atoms with van der Waals surface area (Å²) in [6, 6.07) is 15.6. The fraction of sp³-hybridized carbons (Fsp3) is 0.227. The Morgan fingerprint density at radius 3 is 2.75 bits per heavy atom. The van der Waals surface area contributed by atoms with Crippen molar-refractivity contribution in [1.82, 2.24) is 9.55 Å². The molecule has 0 unspecified atom stereocenters. The number of thioether (sulfide) groups is 1. The van der Waals surface area contributed by atoms with Gasteiger partial charge in [0.05, 0.1) is 12.5 Å². The van der Waals surface area contributed by atoms with E-state index in [-0.39, 0.29) is 12.3 Å². The molecule has 0 atom stereocenters. The van der Waals surface area contributed by atoms with Crippen LogP contribution in [0.4, 0.5) is 5.69 Å². The summed E-state index contributed by atoms with van der Waals surface area (Å²) in [5, 5.41) is 9.90. The van der Waals surface area contributed by atoms with Crippen molar-refractivity contribution in [2.75, 3.05) is 17.7 Å². The number of imidazole rings is 1. The number of carbonyl (C=O) groups is 1. The summed E-state index contributed by atoms with van der Waals surface area (Å²) < 4.78 is 1.96. The minimum absolute atomic E-state index is 0.119. The zero-order valence-corrected chi connectivity index (χ0v) is 17.0. The third kappa shape index (κ3) is 4.10. The van der Waals surface area contributed by atoms with E-state index in [0.29, 0.717) is 12.1 Å². The van der Waals surface area contributed by atoms with Crippen LogP contribution in [0.25, 0.3) is 5.69 Å². The number of benzene rings is 2. The summed E-state index contributed by atoms with van der Waals surface area (Å²) in [5.74, 6) is -0.119. The van der Waals surface area contributed by atoms with E-state index in [2.05, 4.69) is 11.1 Å². The monoisotopic (exact) mass is 390 g/mol. The molecule has 0 radical (unpaired) electrons. The molecule has 142 valence electrons. The van der Waals surface area contributed by atoms with Crippen LogP contribution < -0.4 is 4.90 Å². The Bertz CT molecular complexity index is 1040. The van der Waals surface area contributed by atoms with E-state index in [1.54, 1.807) is 22.9 Å². The Morgan fingerprint density at radius 2 is 2.04 bits per heavy atom. The highest BCUT2D eigenvalue weighted by molar-refractivity contribution is 7.98. The number of carbonyl (C=O) groups excluding carboxylic acids is 1. The van der Waals surface area contributed by atoms with E-state index in [0.717, 1.165) is 22.1 Å². The number of nitriles is 1. The van der Waals surface area contributed by atoms with Gasteiger partial charge in [0.25, 0.3) is 5.91 Å². The number of anilines is 1. The molecule has 0 bridgehead atoms. The Labute approximate surface area is 169 Å². The summed E-state index contributed by atoms with van der Waals surface area (Å²) in [4.78, 5) is 19.3. The molecule has 5 nitrogen and oxygen atoms in total. The molecule has 0 aliphatic heterocycles. The van der Waals surface area contributed by atoms with Crippen LogP contribution >= 0.6 is 11.8 Å². The fourth-order valence-electron chi connectivity index (χ4n) is 2.99. The zero-order chi connectivity index (χ0) is 20.1. The first-order valence-electron chi connectivity index (χ1n) is 8.99. The summed E-state index contributed by atoms with van der Waals surface area (Å²) in [7, 11) is 0. The van der Waals surface area contributed by atoms with E-state index in [4.69, 9.17) is 5.26 Å². The Kier molecular flexibility index (Phi) is 6.17. The number of hydrogen-bond acceptors (Lipinski definition) is 4. The zero-order valence-electron chi connectivity index (χ0n) is 16.2. The first-order valence-corrected chi connectivity index (χ1v) is 10.2. The quantitative estimate of drug-likeness (QED) is 0.569. The van der Waals surface area contributed by atoms with Crippen molar-refractivity contribution in [2.45, 2.75) is 25.4 Å². The van der Waals surface area contributed by atoms with Gasteiger partial charge in [0.1, 0.15) is 0 Å². The third-order valence-electron chi connectivity index (χ3n) is 4.66. The van der Waals surface area contributed by atoms with Crippen LogP contribution in [0.2, 0.25) is 0 Å². The standard InChI is InChI=1S/C22H22N4OS/c1-16-8-9-20(14-17(16)2)25(12-5-10-23)21(27)18-6-4-7-19(15-18)26-13-11-24-22(26)28-3/h4,6-9,11,13-15H,5,12H2,1-3H3. The molecule has 3 rings (SSSR count). The summed E-state index contributed by atoms with van der Waals surface area (Å²) in [6.07, 6.45) is 5.87. The normalized spacial score (nSPS) is 10.5. The lowest BCUT2D eigenvalue weighted by Crippen LogP contribution is -2.32. The maximum atomic E-state index is 13.3. The second kappa shape index (κ2) is 8.77. The molecule has 0 aliphatic rings. The molecule has 2 aromatic carbocycles. The Hall–Kier alpha value is -3.04. The highest BCUT2D eigenvalue weighted by Crippen LogP contribution is 2.23. The van der Waals surface area contributed by atoms with Gasteiger partial charge in [-0.05, 0) is 61.6 Å². The molecule has 6 heteroatoms. The average Bonchev–Trinajstić information content (AvgIpc) is 3.19. The van der Waals surface area contributed by atoms with E-state index < -0.39 is 0 Å². The van der Waals surface area contributed by atoms with Crippen molar-refractivity contribution in [2.24, 2.45) is 0 Å². The van der Waals surface area contributed by atoms with Crippen molar-refractivity contribution in [1.29, 1.82) is 5.26 Å². The van der Waals surface area contributed by atoms with Crippen LogP contribution in [0.1, 0.15) is 27.9 Å². The molecule has 0 saturated heterocycles. The number of rotatable bonds is 6. The van der Waals surface area contributed by atoms with E-state index in [9.17, 15) is 4.79 Å². The number of aromatic nitrogens is 2. The maximum absolute atomic E-state index is 13.3. The molecule has 28 heavy (non-hydrogen) atoms. The maximum Gasteiger partial charge on any atom is 0.258 e. The largest absolute Gasteiger partial charge is 0.307 e. The molecule has 0 spiro atoms. The molecule has 0 aliphatic carbocycles. The predicted molar refractivity (Wildman–Crippen MR) is 113 cm³/mol. The first-order chi connectivity index (χ1) is 13.5. The molecule has 0 fully saturated rings. The number of hydrogen-bond donors (Lipinski definition) is 0. The van der Waals surface area contributed by atoms with Crippen molar-refractivity contribution in [3.8, 4) is 11.8 Å². The minimum atomic E-state index is -0.119. The smallest absolute Gasteiger partial charge is 0.258 e. The summed E-state index contributed by atoms with van der Waals surface area (Å²) in [5.41, 5.74) is 4.55. The van der Waals surface area contributed by atoms with Gasteiger partial charge in [-0.25, -0.2) is 4.98 Å². The topological polar surface area (TPSA) is 61.9 Å².